The Labute approximate surface area is 267 Å². The van der Waals surface area contributed by atoms with E-state index in [0.717, 1.165) is 42.7 Å². The molecule has 3 heterocycles. The van der Waals surface area contributed by atoms with E-state index in [-0.39, 0.29) is 53.5 Å². The van der Waals surface area contributed by atoms with Crippen LogP contribution in [-0.2, 0) is 26.2 Å². The standard InChI is InChI=1S/C32H40N8O4S/c1-4-43-31(42)21(34)11-14-37-24-16-25(44-18(2)22-9-7-15-40(22)3)39-30(38-24)27(35)19-8-5-12-32(28(19)41)13-6-10-23-26(32)20(17-33)29(36)45-23/h11,14,16,18-19,22,34-35H,4-10,12-13,15,36H2,1-3H3,(H,37,38,39)/b14-11-,34-21?,35-27?/t18-,19?,22-,32-/m0/s1. The number of nitrogens with two attached hydrogens (primary N) is 1. The number of aryl methyl sites for hydroxylation is 1. The Morgan fingerprint density at radius 1 is 1.31 bits per heavy atom. The number of nitrogens with one attached hydrogen (secondary N) is 3. The number of fused-ring (bicyclic) bond motifs is 2. The summed E-state index contributed by atoms with van der Waals surface area (Å²) >= 11 is 1.40. The second-order valence-electron chi connectivity index (χ2n) is 11.9. The van der Waals surface area contributed by atoms with Gasteiger partial charge in [0.2, 0.25) is 5.88 Å². The van der Waals surface area contributed by atoms with Gasteiger partial charge >= 0.3 is 5.97 Å². The van der Waals surface area contributed by atoms with Crippen LogP contribution in [0.15, 0.2) is 18.3 Å². The zero-order valence-electron chi connectivity index (χ0n) is 25.9. The van der Waals surface area contributed by atoms with Gasteiger partial charge in [-0.3, -0.25) is 15.1 Å². The van der Waals surface area contributed by atoms with Gasteiger partial charge in [0.25, 0.3) is 0 Å². The second kappa shape index (κ2) is 13.5. The number of nitriles is 1. The monoisotopic (exact) mass is 632 g/mol. The Balaban J connectivity index is 1.45. The average molecular weight is 633 g/mol. The van der Waals surface area contributed by atoms with E-state index < -0.39 is 17.3 Å². The molecule has 1 aliphatic heterocycles. The highest BCUT2D eigenvalue weighted by Crippen LogP contribution is 2.52. The fraction of sp³-hybridized carbons (Fsp3) is 0.531. The van der Waals surface area contributed by atoms with Crippen LogP contribution >= 0.6 is 11.3 Å². The van der Waals surface area contributed by atoms with Crippen molar-refractivity contribution in [3.8, 4) is 11.9 Å². The van der Waals surface area contributed by atoms with Crippen LogP contribution in [0.5, 0.6) is 5.88 Å². The van der Waals surface area contributed by atoms with Gasteiger partial charge in [0, 0.05) is 23.2 Å². The number of carbonyl (C=O) groups excluding carboxylic acids is 2. The van der Waals surface area contributed by atoms with Gasteiger partial charge < -0.3 is 25.9 Å². The molecule has 13 heteroatoms. The van der Waals surface area contributed by atoms with E-state index in [1.165, 1.54) is 23.6 Å². The molecule has 2 fully saturated rings. The number of Topliss-reactive ketones (excluding diaryl/α,β-unsaturated/α-hetero) is 1. The minimum Gasteiger partial charge on any atom is -0.473 e. The molecular formula is C32H40N8O4S. The maximum atomic E-state index is 14.4. The largest absolute Gasteiger partial charge is 0.473 e. The zero-order chi connectivity index (χ0) is 32.3. The fourth-order valence-electron chi connectivity index (χ4n) is 7.05. The average Bonchev–Trinajstić information content (AvgIpc) is 3.60. The summed E-state index contributed by atoms with van der Waals surface area (Å²) in [5.74, 6) is -0.984. The van der Waals surface area contributed by atoms with E-state index >= 15 is 0 Å². The van der Waals surface area contributed by atoms with E-state index in [1.54, 1.807) is 13.0 Å². The molecule has 2 aromatic heterocycles. The van der Waals surface area contributed by atoms with Crippen molar-refractivity contribution in [3.63, 3.8) is 0 Å². The van der Waals surface area contributed by atoms with Gasteiger partial charge in [-0.1, -0.05) is 6.42 Å². The van der Waals surface area contributed by atoms with Gasteiger partial charge in [0.15, 0.2) is 11.6 Å². The number of esters is 1. The number of rotatable bonds is 10. The molecule has 0 aromatic carbocycles. The number of likely N-dealkylation sites (N-methyl/N-ethyl adjacent to an activating group) is 1. The molecule has 0 amide bonds. The molecule has 45 heavy (non-hydrogen) atoms. The minimum atomic E-state index is -0.852. The number of nitrogen functional groups attached to an aromatic ring is 1. The van der Waals surface area contributed by atoms with Gasteiger partial charge in [-0.05, 0) is 84.0 Å². The topological polar surface area (TPSA) is 191 Å². The molecule has 4 atom stereocenters. The molecule has 1 saturated heterocycles. The lowest BCUT2D eigenvalue weighted by Gasteiger charge is -2.42. The van der Waals surface area contributed by atoms with Crippen LogP contribution in [0.4, 0.5) is 10.8 Å². The van der Waals surface area contributed by atoms with E-state index in [0.29, 0.717) is 36.2 Å². The summed E-state index contributed by atoms with van der Waals surface area (Å²) in [7, 11) is 2.06. The number of thiophene rings is 1. The smallest absolute Gasteiger partial charge is 0.356 e. The molecular weight excluding hydrogens is 592 g/mol. The Kier molecular flexibility index (Phi) is 9.65. The van der Waals surface area contributed by atoms with Crippen LogP contribution < -0.4 is 15.8 Å². The first kappa shape index (κ1) is 32.2. The van der Waals surface area contributed by atoms with Crippen molar-refractivity contribution in [1.82, 2.24) is 14.9 Å². The van der Waals surface area contributed by atoms with Crippen LogP contribution in [0, 0.1) is 28.1 Å². The lowest BCUT2D eigenvalue weighted by molar-refractivity contribution is -0.135. The summed E-state index contributed by atoms with van der Waals surface area (Å²) in [5.41, 5.74) is 6.20. The number of hydrogen-bond donors (Lipinski definition) is 4. The molecule has 0 radical (unpaired) electrons. The molecule has 1 saturated carbocycles. The predicted molar refractivity (Wildman–Crippen MR) is 172 cm³/mol. The van der Waals surface area contributed by atoms with Crippen LogP contribution in [0.1, 0.15) is 80.6 Å². The Morgan fingerprint density at radius 2 is 2.09 bits per heavy atom. The van der Waals surface area contributed by atoms with E-state index in [4.69, 9.17) is 20.6 Å². The summed E-state index contributed by atoms with van der Waals surface area (Å²) in [6.45, 7) is 4.80. The number of anilines is 2. The molecule has 12 nitrogen and oxygen atoms in total. The maximum Gasteiger partial charge on any atom is 0.356 e. The van der Waals surface area contributed by atoms with Crippen LogP contribution in [-0.4, -0.2) is 70.4 Å². The number of nitrogens with zero attached hydrogens (tertiary/aromatic N) is 4. The van der Waals surface area contributed by atoms with Gasteiger partial charge in [0.1, 0.15) is 28.7 Å². The van der Waals surface area contributed by atoms with Crippen molar-refractivity contribution in [2.45, 2.75) is 82.8 Å². The molecule has 2 aromatic rings. The van der Waals surface area contributed by atoms with E-state index in [1.807, 2.05) is 6.92 Å². The third-order valence-corrected chi connectivity index (χ3v) is 10.3. The quantitative estimate of drug-likeness (QED) is 0.216. The molecule has 2 aliphatic carbocycles. The van der Waals surface area contributed by atoms with Gasteiger partial charge in [-0.25, -0.2) is 9.78 Å². The Bertz CT molecular complexity index is 1580. The molecule has 0 bridgehead atoms. The van der Waals surface area contributed by atoms with Crippen molar-refractivity contribution in [1.29, 1.82) is 16.1 Å². The third kappa shape index (κ3) is 6.35. The molecule has 238 valence electrons. The molecule has 1 spiro atoms. The van der Waals surface area contributed by atoms with Gasteiger partial charge in [-0.15, -0.1) is 11.3 Å². The summed E-state index contributed by atoms with van der Waals surface area (Å²) in [6, 6.07) is 4.06. The third-order valence-electron chi connectivity index (χ3n) is 9.18. The first-order valence-corrected chi connectivity index (χ1v) is 16.3. The Morgan fingerprint density at radius 3 is 2.80 bits per heavy atom. The number of ketones is 1. The van der Waals surface area contributed by atoms with Crippen molar-refractivity contribution in [3.05, 3.63) is 40.2 Å². The first-order chi connectivity index (χ1) is 21.6. The SMILES string of the molecule is CCOC(=O)C(=N)/C=C\Nc1cc(O[C@@H](C)[C@@H]2CCCN2C)nc(C(=N)C2CCC[C@@]3(CCCc4sc(N)c(C#N)c43)C2=O)n1. The maximum absolute atomic E-state index is 14.4. The Hall–Kier alpha value is -4.15. The minimum absolute atomic E-state index is 0.00436. The summed E-state index contributed by atoms with van der Waals surface area (Å²) in [6.07, 6.45) is 8.57. The van der Waals surface area contributed by atoms with E-state index in [9.17, 15) is 20.3 Å². The first-order valence-electron chi connectivity index (χ1n) is 15.5. The highest BCUT2D eigenvalue weighted by atomic mass is 32.1. The lowest BCUT2D eigenvalue weighted by Crippen LogP contribution is -2.48. The van der Waals surface area contributed by atoms with E-state index in [2.05, 4.69) is 33.3 Å². The number of ether oxygens (including phenoxy) is 2. The van der Waals surface area contributed by atoms with Crippen molar-refractivity contribution in [2.24, 2.45) is 5.92 Å². The zero-order valence-corrected chi connectivity index (χ0v) is 26.8. The normalized spacial score (nSPS) is 23.8. The van der Waals surface area contributed by atoms with Crippen LogP contribution in [0.3, 0.4) is 0 Å². The number of aromatic nitrogens is 2. The predicted octanol–water partition coefficient (Wildman–Crippen LogP) is 4.37. The van der Waals surface area contributed by atoms with Crippen molar-refractivity contribution < 1.29 is 19.1 Å². The van der Waals surface area contributed by atoms with Crippen molar-refractivity contribution >= 4 is 45.3 Å². The molecule has 5 N–H and O–H groups in total. The van der Waals surface area contributed by atoms with Crippen molar-refractivity contribution in [2.75, 3.05) is 31.2 Å². The summed E-state index contributed by atoms with van der Waals surface area (Å²) in [4.78, 5) is 38.7. The molecule has 3 aliphatic rings. The van der Waals surface area contributed by atoms with Crippen LogP contribution in [0.2, 0.25) is 0 Å². The number of carbonyl (C=O) groups is 2. The summed E-state index contributed by atoms with van der Waals surface area (Å²) in [5, 5.41) is 30.5. The number of likely N-dealkylation sites (tertiary alicyclic amines) is 1. The molecule has 5 rings (SSSR count). The fourth-order valence-corrected chi connectivity index (χ4v) is 8.22. The highest BCUT2D eigenvalue weighted by Gasteiger charge is 2.51. The second-order valence-corrected chi connectivity index (χ2v) is 13.1. The highest BCUT2D eigenvalue weighted by molar-refractivity contribution is 7.16. The van der Waals surface area contributed by atoms with Gasteiger partial charge in [-0.2, -0.15) is 10.2 Å². The lowest BCUT2D eigenvalue weighted by atomic mass is 9.59. The number of hydrogen-bond acceptors (Lipinski definition) is 13. The summed E-state index contributed by atoms with van der Waals surface area (Å²) < 4.78 is 11.2. The van der Waals surface area contributed by atoms with Crippen LogP contribution in [0.25, 0.3) is 0 Å². The molecule has 1 unspecified atom stereocenters. The van der Waals surface area contributed by atoms with Gasteiger partial charge in [0.05, 0.1) is 29.2 Å².